The Labute approximate surface area is 179 Å². The van der Waals surface area contributed by atoms with Crippen LogP contribution in [-0.2, 0) is 6.54 Å². The van der Waals surface area contributed by atoms with E-state index in [1.165, 1.54) is 12.1 Å². The predicted molar refractivity (Wildman–Crippen MR) is 116 cm³/mol. The van der Waals surface area contributed by atoms with Crippen LogP contribution >= 0.6 is 0 Å². The SMILES string of the molecule is CN=C(NCc1ccc(-n2ccnc2C)nc1)NC1CCN(c2ccc(F)cc2F)C1. The zero-order valence-corrected chi connectivity index (χ0v) is 17.5. The Morgan fingerprint density at radius 2 is 2.10 bits per heavy atom. The van der Waals surface area contributed by atoms with Gasteiger partial charge in [-0.3, -0.25) is 9.56 Å². The standard InChI is InChI=1S/C22H25F2N7/c1-15-26-8-10-31(15)21-6-3-16(12-27-21)13-28-22(25-2)29-18-7-9-30(14-18)20-5-4-17(23)11-19(20)24/h3-6,8,10-12,18H,7,9,13-14H2,1-2H3,(H2,25,28,29). The lowest BCUT2D eigenvalue weighted by Crippen LogP contribution is -2.44. The van der Waals surface area contributed by atoms with Crippen molar-refractivity contribution in [1.82, 2.24) is 25.2 Å². The molecule has 1 unspecified atom stereocenters. The zero-order valence-electron chi connectivity index (χ0n) is 17.5. The molecule has 1 atom stereocenters. The first-order chi connectivity index (χ1) is 15.0. The van der Waals surface area contributed by atoms with Gasteiger partial charge in [-0.05, 0) is 37.1 Å². The molecule has 4 rings (SSSR count). The van der Waals surface area contributed by atoms with Crippen molar-refractivity contribution in [3.63, 3.8) is 0 Å². The normalized spacial score (nSPS) is 16.6. The molecule has 0 bridgehead atoms. The number of anilines is 1. The van der Waals surface area contributed by atoms with Gasteiger partial charge >= 0.3 is 0 Å². The van der Waals surface area contributed by atoms with Crippen LogP contribution in [0.3, 0.4) is 0 Å². The zero-order chi connectivity index (χ0) is 21.8. The molecule has 7 nitrogen and oxygen atoms in total. The van der Waals surface area contributed by atoms with E-state index in [-0.39, 0.29) is 6.04 Å². The molecule has 162 valence electrons. The summed E-state index contributed by atoms with van der Waals surface area (Å²) in [5.41, 5.74) is 1.44. The van der Waals surface area contributed by atoms with Crippen LogP contribution in [0.1, 0.15) is 17.8 Å². The second kappa shape index (κ2) is 9.11. The summed E-state index contributed by atoms with van der Waals surface area (Å²) in [5, 5.41) is 6.66. The first-order valence-electron chi connectivity index (χ1n) is 10.2. The highest BCUT2D eigenvalue weighted by atomic mass is 19.1. The maximum Gasteiger partial charge on any atom is 0.191 e. The summed E-state index contributed by atoms with van der Waals surface area (Å²) in [4.78, 5) is 14.9. The molecule has 3 aromatic rings. The van der Waals surface area contributed by atoms with Crippen LogP contribution in [0.15, 0.2) is 53.9 Å². The lowest BCUT2D eigenvalue weighted by Gasteiger charge is -2.21. The monoisotopic (exact) mass is 425 g/mol. The minimum Gasteiger partial charge on any atom is -0.367 e. The van der Waals surface area contributed by atoms with E-state index < -0.39 is 11.6 Å². The fourth-order valence-electron chi connectivity index (χ4n) is 3.69. The Bertz CT molecular complexity index is 1060. The summed E-state index contributed by atoms with van der Waals surface area (Å²) in [6, 6.07) is 7.77. The molecule has 0 aliphatic carbocycles. The van der Waals surface area contributed by atoms with E-state index >= 15 is 0 Å². The number of hydrogen-bond acceptors (Lipinski definition) is 4. The molecule has 2 N–H and O–H groups in total. The number of rotatable bonds is 5. The van der Waals surface area contributed by atoms with Gasteiger partial charge in [0.1, 0.15) is 23.3 Å². The Balaban J connectivity index is 1.31. The highest BCUT2D eigenvalue weighted by Gasteiger charge is 2.25. The number of imidazole rings is 1. The van der Waals surface area contributed by atoms with Crippen LogP contribution in [0.5, 0.6) is 0 Å². The molecule has 0 spiro atoms. The topological polar surface area (TPSA) is 70.4 Å². The molecule has 1 saturated heterocycles. The Morgan fingerprint density at radius 3 is 2.77 bits per heavy atom. The lowest BCUT2D eigenvalue weighted by molar-refractivity contribution is 0.580. The number of hydrogen-bond donors (Lipinski definition) is 2. The number of nitrogens with one attached hydrogen (secondary N) is 2. The van der Waals surface area contributed by atoms with Gasteiger partial charge in [-0.25, -0.2) is 18.7 Å². The Hall–Kier alpha value is -3.49. The van der Waals surface area contributed by atoms with Crippen molar-refractivity contribution in [2.75, 3.05) is 25.0 Å². The van der Waals surface area contributed by atoms with Gasteiger partial charge in [0.15, 0.2) is 5.96 Å². The summed E-state index contributed by atoms with van der Waals surface area (Å²) in [7, 11) is 1.71. The fraction of sp³-hybridized carbons (Fsp3) is 0.318. The highest BCUT2D eigenvalue weighted by Crippen LogP contribution is 2.24. The van der Waals surface area contributed by atoms with Gasteiger partial charge in [-0.1, -0.05) is 6.07 Å². The number of nitrogens with zero attached hydrogens (tertiary/aromatic N) is 5. The molecule has 0 saturated carbocycles. The third kappa shape index (κ3) is 4.82. The molecule has 9 heteroatoms. The summed E-state index contributed by atoms with van der Waals surface area (Å²) < 4.78 is 29.1. The Kier molecular flexibility index (Phi) is 6.11. The number of guanidine groups is 1. The van der Waals surface area contributed by atoms with Gasteiger partial charge in [0.25, 0.3) is 0 Å². The van der Waals surface area contributed by atoms with Crippen molar-refractivity contribution in [3.05, 3.63) is 71.9 Å². The average molecular weight is 425 g/mol. The lowest BCUT2D eigenvalue weighted by atomic mass is 10.2. The quantitative estimate of drug-likeness (QED) is 0.486. The van der Waals surface area contributed by atoms with E-state index in [0.29, 0.717) is 31.3 Å². The molecule has 1 fully saturated rings. The van der Waals surface area contributed by atoms with E-state index in [4.69, 9.17) is 0 Å². The molecular formula is C22H25F2N7. The minimum atomic E-state index is -0.567. The number of benzene rings is 1. The van der Waals surface area contributed by atoms with E-state index in [1.54, 1.807) is 13.2 Å². The van der Waals surface area contributed by atoms with Gasteiger partial charge < -0.3 is 15.5 Å². The molecule has 1 aliphatic rings. The van der Waals surface area contributed by atoms with Gasteiger partial charge in [0.05, 0.1) is 5.69 Å². The van der Waals surface area contributed by atoms with Crippen molar-refractivity contribution >= 4 is 11.6 Å². The number of aliphatic imine (C=N–C) groups is 1. The number of aryl methyl sites for hydroxylation is 1. The largest absolute Gasteiger partial charge is 0.367 e. The van der Waals surface area contributed by atoms with Gasteiger partial charge in [0.2, 0.25) is 0 Å². The number of pyridine rings is 1. The molecular weight excluding hydrogens is 400 g/mol. The van der Waals surface area contributed by atoms with Crippen LogP contribution in [0.2, 0.25) is 0 Å². The summed E-state index contributed by atoms with van der Waals surface area (Å²) in [6.45, 7) is 3.81. The third-order valence-electron chi connectivity index (χ3n) is 5.34. The summed E-state index contributed by atoms with van der Waals surface area (Å²) in [6.07, 6.45) is 6.28. The second-order valence-corrected chi connectivity index (χ2v) is 7.47. The van der Waals surface area contributed by atoms with Gasteiger partial charge in [0, 0.05) is 57.4 Å². The van der Waals surface area contributed by atoms with E-state index in [9.17, 15) is 8.78 Å². The van der Waals surface area contributed by atoms with Gasteiger partial charge in [-0.15, -0.1) is 0 Å². The van der Waals surface area contributed by atoms with Crippen LogP contribution in [0.4, 0.5) is 14.5 Å². The van der Waals surface area contributed by atoms with Gasteiger partial charge in [-0.2, -0.15) is 0 Å². The minimum absolute atomic E-state index is 0.111. The molecule has 0 amide bonds. The number of aromatic nitrogens is 3. The first-order valence-corrected chi connectivity index (χ1v) is 10.2. The summed E-state index contributed by atoms with van der Waals surface area (Å²) in [5.74, 6) is 1.27. The molecule has 1 aromatic carbocycles. The molecule has 3 heterocycles. The van der Waals surface area contributed by atoms with Crippen molar-refractivity contribution in [2.45, 2.75) is 25.9 Å². The fourth-order valence-corrected chi connectivity index (χ4v) is 3.69. The van der Waals surface area contributed by atoms with Crippen molar-refractivity contribution in [2.24, 2.45) is 4.99 Å². The molecule has 2 aromatic heterocycles. The predicted octanol–water partition coefficient (Wildman–Crippen LogP) is 2.80. The molecule has 0 radical (unpaired) electrons. The van der Waals surface area contributed by atoms with Crippen LogP contribution in [-0.4, -0.2) is 46.7 Å². The van der Waals surface area contributed by atoms with Crippen LogP contribution < -0.4 is 15.5 Å². The van der Waals surface area contributed by atoms with E-state index in [2.05, 4.69) is 25.6 Å². The van der Waals surface area contributed by atoms with E-state index in [1.807, 2.05) is 40.9 Å². The third-order valence-corrected chi connectivity index (χ3v) is 5.34. The number of halogens is 2. The van der Waals surface area contributed by atoms with Crippen molar-refractivity contribution < 1.29 is 8.78 Å². The highest BCUT2D eigenvalue weighted by molar-refractivity contribution is 5.80. The van der Waals surface area contributed by atoms with Crippen LogP contribution in [0, 0.1) is 18.6 Å². The molecule has 31 heavy (non-hydrogen) atoms. The van der Waals surface area contributed by atoms with Crippen molar-refractivity contribution in [1.29, 1.82) is 0 Å². The summed E-state index contributed by atoms with van der Waals surface area (Å²) >= 11 is 0. The second-order valence-electron chi connectivity index (χ2n) is 7.47. The average Bonchev–Trinajstić information content (AvgIpc) is 3.40. The Morgan fingerprint density at radius 1 is 1.23 bits per heavy atom. The maximum absolute atomic E-state index is 14.1. The molecule has 1 aliphatic heterocycles. The van der Waals surface area contributed by atoms with Crippen LogP contribution in [0.25, 0.3) is 5.82 Å². The smallest absolute Gasteiger partial charge is 0.191 e. The van der Waals surface area contributed by atoms with Crippen molar-refractivity contribution in [3.8, 4) is 5.82 Å². The van der Waals surface area contributed by atoms with E-state index in [0.717, 1.165) is 29.7 Å². The first kappa shape index (κ1) is 20.8. The maximum atomic E-state index is 14.1.